The highest BCUT2D eigenvalue weighted by molar-refractivity contribution is 5.44. The summed E-state index contributed by atoms with van der Waals surface area (Å²) in [5, 5.41) is 24.4. The minimum absolute atomic E-state index is 0.0737. The van der Waals surface area contributed by atoms with Crippen LogP contribution in [0.2, 0.25) is 0 Å². The molecule has 0 amide bonds. The molecule has 3 saturated carbocycles. The van der Waals surface area contributed by atoms with E-state index in [1.807, 2.05) is 6.07 Å². The molecular formula is C28H41NO4. The van der Waals surface area contributed by atoms with Gasteiger partial charge in [0.2, 0.25) is 6.79 Å². The van der Waals surface area contributed by atoms with Gasteiger partial charge >= 0.3 is 0 Å². The standard InChI is InChI=1S/C28H41NO4/c1-18-4-6-23-22(15-29-14-19-5-7-25-26(12-19)33-17-32-25)24(9-11-27(18,23)2)28(3)10-8-21(31)13-20(28)16-30/h5,7,12,20-24,29-31H,1,4,6,8-11,13-17H2,2-3H3/t20-,21+,22-,23?,24?,27+,28+/m1/s1. The molecule has 5 nitrogen and oxygen atoms in total. The summed E-state index contributed by atoms with van der Waals surface area (Å²) in [7, 11) is 0. The van der Waals surface area contributed by atoms with Crippen LogP contribution in [0.25, 0.3) is 0 Å². The van der Waals surface area contributed by atoms with Gasteiger partial charge in [-0.3, -0.25) is 0 Å². The average molecular weight is 456 g/mol. The summed E-state index contributed by atoms with van der Waals surface area (Å²) in [4.78, 5) is 0. The molecule has 1 heterocycles. The first-order chi connectivity index (χ1) is 15.8. The average Bonchev–Trinajstić information content (AvgIpc) is 3.39. The van der Waals surface area contributed by atoms with Gasteiger partial charge in [-0.25, -0.2) is 0 Å². The molecule has 33 heavy (non-hydrogen) atoms. The zero-order valence-electron chi connectivity index (χ0n) is 20.3. The fourth-order valence-corrected chi connectivity index (χ4v) is 7.90. The maximum Gasteiger partial charge on any atom is 0.231 e. The first-order valence-electron chi connectivity index (χ1n) is 12.9. The SMILES string of the molecule is C=C1CCC2[C@@H](CNCc3ccc4c(c3)OCO4)C([C@@]3(C)CC[C@H](O)C[C@@H]3CO)CC[C@@]12C. The summed E-state index contributed by atoms with van der Waals surface area (Å²) < 4.78 is 11.0. The Hall–Kier alpha value is -1.56. The predicted octanol–water partition coefficient (Wildman–Crippen LogP) is 4.66. The Morgan fingerprint density at radius 1 is 1.09 bits per heavy atom. The van der Waals surface area contributed by atoms with Crippen molar-refractivity contribution in [3.8, 4) is 11.5 Å². The Morgan fingerprint density at radius 2 is 1.91 bits per heavy atom. The number of hydrogen-bond acceptors (Lipinski definition) is 5. The quantitative estimate of drug-likeness (QED) is 0.544. The number of allylic oxidation sites excluding steroid dienone is 1. The summed E-state index contributed by atoms with van der Waals surface area (Å²) >= 11 is 0. The number of rotatable bonds is 6. The molecule has 0 saturated heterocycles. The number of ether oxygens (including phenoxy) is 2. The van der Waals surface area contributed by atoms with E-state index in [9.17, 15) is 10.2 Å². The molecule has 3 fully saturated rings. The molecule has 5 heteroatoms. The second kappa shape index (κ2) is 8.90. The molecule has 5 rings (SSSR count). The Bertz CT molecular complexity index is 887. The Morgan fingerprint density at radius 3 is 2.73 bits per heavy atom. The summed E-state index contributed by atoms with van der Waals surface area (Å²) in [6.07, 6.45) is 7.09. The Labute approximate surface area is 198 Å². The number of benzene rings is 1. The van der Waals surface area contributed by atoms with E-state index in [1.165, 1.54) is 30.4 Å². The van der Waals surface area contributed by atoms with Crippen molar-refractivity contribution in [2.24, 2.45) is 34.5 Å². The summed E-state index contributed by atoms with van der Waals surface area (Å²) in [5.74, 6) is 3.58. The van der Waals surface area contributed by atoms with E-state index in [1.54, 1.807) is 0 Å². The van der Waals surface area contributed by atoms with Crippen LogP contribution in [-0.2, 0) is 6.54 Å². The first-order valence-corrected chi connectivity index (χ1v) is 12.9. The fourth-order valence-electron chi connectivity index (χ4n) is 7.90. The molecule has 0 radical (unpaired) electrons. The first kappa shape index (κ1) is 23.2. The van der Waals surface area contributed by atoms with Crippen molar-refractivity contribution in [2.45, 2.75) is 71.4 Å². The van der Waals surface area contributed by atoms with Crippen LogP contribution in [-0.4, -0.2) is 36.3 Å². The van der Waals surface area contributed by atoms with Gasteiger partial charge < -0.3 is 25.0 Å². The minimum atomic E-state index is -0.266. The van der Waals surface area contributed by atoms with Crippen LogP contribution in [0.15, 0.2) is 30.4 Å². The minimum Gasteiger partial charge on any atom is -0.454 e. The van der Waals surface area contributed by atoms with Gasteiger partial charge in [0.25, 0.3) is 0 Å². The number of nitrogens with one attached hydrogen (secondary N) is 1. The largest absolute Gasteiger partial charge is 0.454 e. The van der Waals surface area contributed by atoms with Crippen molar-refractivity contribution in [1.82, 2.24) is 5.32 Å². The van der Waals surface area contributed by atoms with E-state index in [4.69, 9.17) is 9.47 Å². The molecule has 3 aliphatic carbocycles. The molecule has 0 spiro atoms. The van der Waals surface area contributed by atoms with E-state index in [-0.39, 0.29) is 29.5 Å². The highest BCUT2D eigenvalue weighted by Gasteiger charge is 2.56. The van der Waals surface area contributed by atoms with Gasteiger partial charge in [-0.2, -0.15) is 0 Å². The van der Waals surface area contributed by atoms with Crippen molar-refractivity contribution in [1.29, 1.82) is 0 Å². The van der Waals surface area contributed by atoms with E-state index in [0.717, 1.165) is 50.3 Å². The summed E-state index contributed by atoms with van der Waals surface area (Å²) in [5.41, 5.74) is 2.96. The van der Waals surface area contributed by atoms with Crippen LogP contribution in [0, 0.1) is 34.5 Å². The molecule has 1 aromatic carbocycles. The second-order valence-electron chi connectivity index (χ2n) is 11.6. The fraction of sp³-hybridized carbons (Fsp3) is 0.714. The van der Waals surface area contributed by atoms with Gasteiger partial charge in [-0.05, 0) is 104 Å². The Kier molecular flexibility index (Phi) is 6.26. The number of hydrogen-bond donors (Lipinski definition) is 3. The molecule has 1 aliphatic heterocycles. The normalized spacial score (nSPS) is 40.1. The van der Waals surface area contributed by atoms with E-state index in [2.05, 4.69) is 37.9 Å². The smallest absolute Gasteiger partial charge is 0.231 e. The lowest BCUT2D eigenvalue weighted by atomic mass is 9.49. The lowest BCUT2D eigenvalue weighted by Gasteiger charge is -2.56. The second-order valence-corrected chi connectivity index (χ2v) is 11.6. The van der Waals surface area contributed by atoms with Gasteiger partial charge in [0.1, 0.15) is 0 Å². The molecule has 2 unspecified atom stereocenters. The van der Waals surface area contributed by atoms with Crippen LogP contribution >= 0.6 is 0 Å². The van der Waals surface area contributed by atoms with Crippen LogP contribution < -0.4 is 14.8 Å². The van der Waals surface area contributed by atoms with E-state index < -0.39 is 0 Å². The molecule has 0 aromatic heterocycles. The van der Waals surface area contributed by atoms with Crippen molar-refractivity contribution in [3.63, 3.8) is 0 Å². The molecule has 1 aromatic rings. The van der Waals surface area contributed by atoms with Crippen molar-refractivity contribution < 1.29 is 19.7 Å². The molecular weight excluding hydrogens is 414 g/mol. The predicted molar refractivity (Wildman–Crippen MR) is 129 cm³/mol. The highest BCUT2D eigenvalue weighted by atomic mass is 16.7. The van der Waals surface area contributed by atoms with Crippen LogP contribution in [0.3, 0.4) is 0 Å². The van der Waals surface area contributed by atoms with Crippen molar-refractivity contribution in [2.75, 3.05) is 19.9 Å². The molecule has 182 valence electrons. The maximum atomic E-state index is 10.3. The van der Waals surface area contributed by atoms with Gasteiger partial charge in [0, 0.05) is 13.2 Å². The third kappa shape index (κ3) is 4.00. The number of aliphatic hydroxyl groups is 2. The molecule has 7 atom stereocenters. The van der Waals surface area contributed by atoms with Gasteiger partial charge in [-0.1, -0.05) is 32.1 Å². The third-order valence-electron chi connectivity index (χ3n) is 10.1. The van der Waals surface area contributed by atoms with Crippen LogP contribution in [0.4, 0.5) is 0 Å². The van der Waals surface area contributed by atoms with Crippen molar-refractivity contribution in [3.05, 3.63) is 35.9 Å². The van der Waals surface area contributed by atoms with Gasteiger partial charge in [-0.15, -0.1) is 0 Å². The summed E-state index contributed by atoms with van der Waals surface area (Å²) in [6, 6.07) is 6.20. The lowest BCUT2D eigenvalue weighted by molar-refractivity contribution is -0.0933. The Balaban J connectivity index is 1.36. The molecule has 3 N–H and O–H groups in total. The van der Waals surface area contributed by atoms with Gasteiger partial charge in [0.05, 0.1) is 6.10 Å². The van der Waals surface area contributed by atoms with Crippen LogP contribution in [0.1, 0.15) is 64.4 Å². The van der Waals surface area contributed by atoms with E-state index in [0.29, 0.717) is 24.5 Å². The van der Waals surface area contributed by atoms with Crippen LogP contribution in [0.5, 0.6) is 11.5 Å². The molecule has 0 bridgehead atoms. The zero-order valence-corrected chi connectivity index (χ0v) is 20.3. The lowest BCUT2D eigenvalue weighted by Crippen LogP contribution is -2.53. The van der Waals surface area contributed by atoms with E-state index >= 15 is 0 Å². The zero-order chi connectivity index (χ0) is 23.2. The number of aliphatic hydroxyl groups excluding tert-OH is 2. The maximum absolute atomic E-state index is 10.3. The monoisotopic (exact) mass is 455 g/mol. The third-order valence-corrected chi connectivity index (χ3v) is 10.1. The van der Waals surface area contributed by atoms with Crippen molar-refractivity contribution >= 4 is 0 Å². The summed E-state index contributed by atoms with van der Waals surface area (Å²) in [6.45, 7) is 11.6. The molecule has 4 aliphatic rings. The van der Waals surface area contributed by atoms with Gasteiger partial charge in [0.15, 0.2) is 11.5 Å². The number of fused-ring (bicyclic) bond motifs is 2. The topological polar surface area (TPSA) is 71.0 Å². The highest BCUT2D eigenvalue weighted by Crippen LogP contribution is 2.63.